The second-order valence-corrected chi connectivity index (χ2v) is 5.25. The van der Waals surface area contributed by atoms with Gasteiger partial charge in [-0.1, -0.05) is 38.3 Å². The van der Waals surface area contributed by atoms with Crippen LogP contribution >= 0.6 is 0 Å². The molecule has 3 atom stereocenters. The summed E-state index contributed by atoms with van der Waals surface area (Å²) in [6.45, 7) is 7.19. The topological polar surface area (TPSA) is 0 Å². The SMILES string of the molecule is C/C=C1/CCC2C(C)CCC[C@]12C. The molecule has 2 saturated carbocycles. The lowest BCUT2D eigenvalue weighted by atomic mass is 9.63. The summed E-state index contributed by atoms with van der Waals surface area (Å²) in [5, 5.41) is 0. The number of hydrogen-bond acceptors (Lipinski definition) is 0. The summed E-state index contributed by atoms with van der Waals surface area (Å²) in [4.78, 5) is 0. The lowest BCUT2D eigenvalue weighted by Gasteiger charge is -2.41. The fraction of sp³-hybridized carbons (Fsp3) is 0.846. The second kappa shape index (κ2) is 3.15. The van der Waals surface area contributed by atoms with Crippen molar-refractivity contribution < 1.29 is 0 Å². The van der Waals surface area contributed by atoms with Gasteiger partial charge in [0.25, 0.3) is 0 Å². The van der Waals surface area contributed by atoms with Crippen LogP contribution in [-0.4, -0.2) is 0 Å². The van der Waals surface area contributed by atoms with E-state index in [0.717, 1.165) is 11.8 Å². The van der Waals surface area contributed by atoms with Crippen molar-refractivity contribution >= 4 is 0 Å². The smallest absolute Gasteiger partial charge is 0.00856 e. The maximum atomic E-state index is 2.51. The van der Waals surface area contributed by atoms with E-state index in [1.807, 2.05) is 0 Å². The van der Waals surface area contributed by atoms with Crippen LogP contribution in [0.5, 0.6) is 0 Å². The monoisotopic (exact) mass is 178 g/mol. The zero-order valence-corrected chi connectivity index (χ0v) is 9.27. The van der Waals surface area contributed by atoms with Gasteiger partial charge in [0.2, 0.25) is 0 Å². The van der Waals surface area contributed by atoms with E-state index in [9.17, 15) is 0 Å². The highest BCUT2D eigenvalue weighted by molar-refractivity contribution is 5.21. The first kappa shape index (κ1) is 9.30. The molecule has 74 valence electrons. The Bertz CT molecular complexity index is 226. The molecule has 2 aliphatic rings. The predicted molar refractivity (Wildman–Crippen MR) is 57.6 cm³/mol. The highest BCUT2D eigenvalue weighted by Crippen LogP contribution is 2.56. The first-order valence-corrected chi connectivity index (χ1v) is 5.84. The van der Waals surface area contributed by atoms with Gasteiger partial charge in [0, 0.05) is 0 Å². The van der Waals surface area contributed by atoms with E-state index in [1.54, 1.807) is 5.57 Å². The van der Waals surface area contributed by atoms with Gasteiger partial charge in [0.15, 0.2) is 0 Å². The predicted octanol–water partition coefficient (Wildman–Crippen LogP) is 4.17. The van der Waals surface area contributed by atoms with Crippen molar-refractivity contribution in [1.82, 2.24) is 0 Å². The average molecular weight is 178 g/mol. The van der Waals surface area contributed by atoms with Gasteiger partial charge in [0.1, 0.15) is 0 Å². The molecule has 2 aliphatic carbocycles. The molecule has 0 heteroatoms. The molecule has 0 aromatic rings. The molecule has 0 N–H and O–H groups in total. The molecule has 2 unspecified atom stereocenters. The normalized spacial score (nSPS) is 48.1. The van der Waals surface area contributed by atoms with Crippen LogP contribution in [0.3, 0.4) is 0 Å². The molecular formula is C13H22. The molecule has 13 heavy (non-hydrogen) atoms. The maximum Gasteiger partial charge on any atom is -0.00856 e. The summed E-state index contributed by atoms with van der Waals surface area (Å²) >= 11 is 0. The Balaban J connectivity index is 2.28. The molecule has 2 rings (SSSR count). The van der Waals surface area contributed by atoms with Gasteiger partial charge in [-0.2, -0.15) is 0 Å². The van der Waals surface area contributed by atoms with E-state index >= 15 is 0 Å². The van der Waals surface area contributed by atoms with Crippen LogP contribution in [0.2, 0.25) is 0 Å². The van der Waals surface area contributed by atoms with E-state index in [2.05, 4.69) is 26.8 Å². The zero-order chi connectivity index (χ0) is 9.47. The third-order valence-electron chi connectivity index (χ3n) is 4.67. The third kappa shape index (κ3) is 1.26. The first-order valence-electron chi connectivity index (χ1n) is 5.84. The Morgan fingerprint density at radius 3 is 2.85 bits per heavy atom. The van der Waals surface area contributed by atoms with Crippen molar-refractivity contribution in [3.8, 4) is 0 Å². The molecule has 0 nitrogen and oxygen atoms in total. The van der Waals surface area contributed by atoms with Crippen LogP contribution in [0.4, 0.5) is 0 Å². The highest BCUT2D eigenvalue weighted by atomic mass is 14.5. The van der Waals surface area contributed by atoms with Crippen molar-refractivity contribution in [3.05, 3.63) is 11.6 Å². The zero-order valence-electron chi connectivity index (χ0n) is 9.27. The first-order chi connectivity index (χ1) is 6.18. The number of allylic oxidation sites excluding steroid dienone is 2. The van der Waals surface area contributed by atoms with Crippen LogP contribution in [-0.2, 0) is 0 Å². The molecule has 0 radical (unpaired) electrons. The molecule has 2 fully saturated rings. The molecule has 0 saturated heterocycles. The summed E-state index contributed by atoms with van der Waals surface area (Å²) in [5.41, 5.74) is 2.34. The quantitative estimate of drug-likeness (QED) is 0.488. The Kier molecular flexibility index (Phi) is 2.25. The molecule has 0 bridgehead atoms. The van der Waals surface area contributed by atoms with Crippen molar-refractivity contribution in [2.45, 2.75) is 52.9 Å². The number of fused-ring (bicyclic) bond motifs is 1. The summed E-state index contributed by atoms with van der Waals surface area (Å²) in [6, 6.07) is 0. The number of hydrogen-bond donors (Lipinski definition) is 0. The molecule has 0 spiro atoms. The minimum Gasteiger partial charge on any atom is -0.0879 e. The van der Waals surface area contributed by atoms with Gasteiger partial charge in [-0.05, 0) is 43.4 Å². The van der Waals surface area contributed by atoms with E-state index < -0.39 is 0 Å². The summed E-state index contributed by atoms with van der Waals surface area (Å²) in [5.74, 6) is 1.96. The summed E-state index contributed by atoms with van der Waals surface area (Å²) in [6.07, 6.45) is 9.59. The van der Waals surface area contributed by atoms with Gasteiger partial charge < -0.3 is 0 Å². The molecule has 0 aliphatic heterocycles. The average Bonchev–Trinajstić information content (AvgIpc) is 2.43. The fourth-order valence-electron chi connectivity index (χ4n) is 3.88. The molecule has 0 aromatic heterocycles. The molecule has 0 amide bonds. The van der Waals surface area contributed by atoms with Gasteiger partial charge in [0.05, 0.1) is 0 Å². The lowest BCUT2D eigenvalue weighted by Crippen LogP contribution is -2.32. The Morgan fingerprint density at radius 1 is 1.38 bits per heavy atom. The van der Waals surface area contributed by atoms with Crippen LogP contribution in [0.25, 0.3) is 0 Å². The van der Waals surface area contributed by atoms with Gasteiger partial charge in [-0.25, -0.2) is 0 Å². The number of rotatable bonds is 0. The minimum atomic E-state index is 0.590. The van der Waals surface area contributed by atoms with Gasteiger partial charge >= 0.3 is 0 Å². The van der Waals surface area contributed by atoms with Crippen molar-refractivity contribution in [2.75, 3.05) is 0 Å². The van der Waals surface area contributed by atoms with E-state index in [0.29, 0.717) is 5.41 Å². The van der Waals surface area contributed by atoms with Crippen molar-refractivity contribution in [3.63, 3.8) is 0 Å². The standard InChI is InChI=1S/C13H22/c1-4-11-7-8-12-10(2)6-5-9-13(11,12)3/h4,10,12H,5-9H2,1-3H3/b11-4-/t10?,12?,13-/m1/s1. The van der Waals surface area contributed by atoms with Crippen LogP contribution in [0.1, 0.15) is 52.9 Å². The van der Waals surface area contributed by atoms with Gasteiger partial charge in [-0.3, -0.25) is 0 Å². The van der Waals surface area contributed by atoms with Gasteiger partial charge in [-0.15, -0.1) is 0 Å². The lowest BCUT2D eigenvalue weighted by molar-refractivity contribution is 0.127. The molecular weight excluding hydrogens is 156 g/mol. The second-order valence-electron chi connectivity index (χ2n) is 5.25. The Hall–Kier alpha value is -0.260. The summed E-state index contributed by atoms with van der Waals surface area (Å²) < 4.78 is 0. The maximum absolute atomic E-state index is 2.51. The van der Waals surface area contributed by atoms with Crippen LogP contribution in [0, 0.1) is 17.3 Å². The Labute approximate surface area is 82.4 Å². The van der Waals surface area contributed by atoms with E-state index in [4.69, 9.17) is 0 Å². The minimum absolute atomic E-state index is 0.590. The third-order valence-corrected chi connectivity index (χ3v) is 4.67. The largest absolute Gasteiger partial charge is 0.0879 e. The van der Waals surface area contributed by atoms with Crippen molar-refractivity contribution in [1.29, 1.82) is 0 Å². The molecule has 0 heterocycles. The van der Waals surface area contributed by atoms with Crippen LogP contribution in [0.15, 0.2) is 11.6 Å². The van der Waals surface area contributed by atoms with Crippen LogP contribution < -0.4 is 0 Å². The molecule has 0 aromatic carbocycles. The van der Waals surface area contributed by atoms with E-state index in [1.165, 1.54) is 32.1 Å². The summed E-state index contributed by atoms with van der Waals surface area (Å²) in [7, 11) is 0. The fourth-order valence-corrected chi connectivity index (χ4v) is 3.88. The van der Waals surface area contributed by atoms with E-state index in [-0.39, 0.29) is 0 Å². The Morgan fingerprint density at radius 2 is 2.15 bits per heavy atom. The van der Waals surface area contributed by atoms with Crippen molar-refractivity contribution in [2.24, 2.45) is 17.3 Å². The highest BCUT2D eigenvalue weighted by Gasteiger charge is 2.46.